The Morgan fingerprint density at radius 2 is 1.88 bits per heavy atom. The number of amides is 1. The van der Waals surface area contributed by atoms with Crippen molar-refractivity contribution in [2.75, 3.05) is 23.4 Å². The van der Waals surface area contributed by atoms with Gasteiger partial charge in [-0.05, 0) is 50.7 Å². The fourth-order valence-electron chi connectivity index (χ4n) is 2.83. The minimum Gasteiger partial charge on any atom is -0.492 e. The van der Waals surface area contributed by atoms with E-state index in [1.807, 2.05) is 25.1 Å². The van der Waals surface area contributed by atoms with Gasteiger partial charge in [0, 0.05) is 0 Å². The average Bonchev–Trinajstić information content (AvgIpc) is 2.59. The summed E-state index contributed by atoms with van der Waals surface area (Å²) in [5.41, 5.74) is 0.647. The number of ether oxygens (including phenoxy) is 2. The number of hydrogen-bond acceptors (Lipinski definition) is 5. The summed E-state index contributed by atoms with van der Waals surface area (Å²) in [6, 6.07) is 7.31. The van der Waals surface area contributed by atoms with Gasteiger partial charge in [0.1, 0.15) is 11.9 Å². The summed E-state index contributed by atoms with van der Waals surface area (Å²) < 4.78 is 11.0. The first-order valence-electron chi connectivity index (χ1n) is 8.87. The summed E-state index contributed by atoms with van der Waals surface area (Å²) in [6.07, 6.45) is 4.19. The van der Waals surface area contributed by atoms with Crippen molar-refractivity contribution >= 4 is 29.3 Å². The molecule has 0 saturated heterocycles. The van der Waals surface area contributed by atoms with E-state index < -0.39 is 0 Å². The molecular weight excluding hydrogens is 338 g/mol. The smallest absolute Gasteiger partial charge is 0.316 e. The van der Waals surface area contributed by atoms with Crippen LogP contribution in [0.4, 0.5) is 5.69 Å². The summed E-state index contributed by atoms with van der Waals surface area (Å²) in [5.74, 6) is 1.40. The summed E-state index contributed by atoms with van der Waals surface area (Å²) >= 11 is 1.27. The SMILES string of the molecule is CCOc1ccccc1NC(=O)CSCC(=O)OC1CCC(C)CC1. The van der Waals surface area contributed by atoms with Crippen LogP contribution in [0.1, 0.15) is 39.5 Å². The number of carbonyl (C=O) groups is 2. The molecule has 0 aliphatic heterocycles. The molecule has 5 nitrogen and oxygen atoms in total. The van der Waals surface area contributed by atoms with Crippen LogP contribution < -0.4 is 10.1 Å². The van der Waals surface area contributed by atoms with Crippen LogP contribution in [0, 0.1) is 5.92 Å². The van der Waals surface area contributed by atoms with Crippen LogP contribution in [0.2, 0.25) is 0 Å². The van der Waals surface area contributed by atoms with Gasteiger partial charge in [-0.3, -0.25) is 9.59 Å². The molecule has 1 aromatic carbocycles. The molecule has 25 heavy (non-hydrogen) atoms. The van der Waals surface area contributed by atoms with Crippen LogP contribution in [0.25, 0.3) is 0 Å². The van der Waals surface area contributed by atoms with Crippen LogP contribution in [0.15, 0.2) is 24.3 Å². The number of esters is 1. The lowest BCUT2D eigenvalue weighted by Crippen LogP contribution is -2.25. The van der Waals surface area contributed by atoms with E-state index in [2.05, 4.69) is 12.2 Å². The Labute approximate surface area is 153 Å². The third kappa shape index (κ3) is 6.98. The Morgan fingerprint density at radius 3 is 2.60 bits per heavy atom. The average molecular weight is 365 g/mol. The van der Waals surface area contributed by atoms with E-state index in [1.54, 1.807) is 6.07 Å². The molecular formula is C19H27NO4S. The number of nitrogens with one attached hydrogen (secondary N) is 1. The monoisotopic (exact) mass is 365 g/mol. The first-order valence-corrected chi connectivity index (χ1v) is 10.0. The minimum absolute atomic E-state index is 0.0520. The quantitative estimate of drug-likeness (QED) is 0.708. The number of benzene rings is 1. The number of anilines is 1. The fourth-order valence-corrected chi connectivity index (χ4v) is 3.43. The second kappa shape index (κ2) is 10.3. The van der Waals surface area contributed by atoms with E-state index in [1.165, 1.54) is 11.8 Å². The normalized spacial score (nSPS) is 19.9. The van der Waals surface area contributed by atoms with Gasteiger partial charge >= 0.3 is 5.97 Å². The Morgan fingerprint density at radius 1 is 1.16 bits per heavy atom. The predicted molar refractivity (Wildman–Crippen MR) is 101 cm³/mol. The van der Waals surface area contributed by atoms with Crippen molar-refractivity contribution in [3.63, 3.8) is 0 Å². The Balaban J connectivity index is 1.67. The zero-order valence-electron chi connectivity index (χ0n) is 15.0. The molecule has 0 heterocycles. The molecule has 1 aromatic rings. The van der Waals surface area contributed by atoms with Crippen LogP contribution in [-0.4, -0.2) is 36.1 Å². The summed E-state index contributed by atoms with van der Waals surface area (Å²) in [6.45, 7) is 4.66. The van der Waals surface area contributed by atoms with E-state index in [-0.39, 0.29) is 29.5 Å². The Hall–Kier alpha value is -1.69. The van der Waals surface area contributed by atoms with Gasteiger partial charge in [-0.25, -0.2) is 0 Å². The van der Waals surface area contributed by atoms with Gasteiger partial charge in [-0.1, -0.05) is 19.1 Å². The minimum atomic E-state index is -0.230. The van der Waals surface area contributed by atoms with Crippen LogP contribution >= 0.6 is 11.8 Å². The molecule has 1 aliphatic rings. The predicted octanol–water partition coefficient (Wildman–Crippen LogP) is 3.88. The number of para-hydroxylation sites is 2. The van der Waals surface area contributed by atoms with Crippen molar-refractivity contribution in [2.45, 2.75) is 45.6 Å². The third-order valence-electron chi connectivity index (χ3n) is 4.18. The van der Waals surface area contributed by atoms with Crippen LogP contribution in [0.3, 0.4) is 0 Å². The zero-order valence-corrected chi connectivity index (χ0v) is 15.8. The Bertz CT molecular complexity index is 570. The maximum atomic E-state index is 12.0. The fraction of sp³-hybridized carbons (Fsp3) is 0.579. The molecule has 0 unspecified atom stereocenters. The van der Waals surface area contributed by atoms with E-state index in [0.29, 0.717) is 18.0 Å². The maximum absolute atomic E-state index is 12.0. The summed E-state index contributed by atoms with van der Waals surface area (Å²) in [7, 11) is 0. The molecule has 1 saturated carbocycles. The van der Waals surface area contributed by atoms with Gasteiger partial charge in [0.05, 0.1) is 23.8 Å². The highest BCUT2D eigenvalue weighted by atomic mass is 32.2. The number of carbonyl (C=O) groups excluding carboxylic acids is 2. The van der Waals surface area contributed by atoms with Crippen LogP contribution in [-0.2, 0) is 14.3 Å². The topological polar surface area (TPSA) is 64.6 Å². The largest absolute Gasteiger partial charge is 0.492 e. The lowest BCUT2D eigenvalue weighted by atomic mass is 9.89. The van der Waals surface area contributed by atoms with E-state index >= 15 is 0 Å². The standard InChI is InChI=1S/C19H27NO4S/c1-3-23-17-7-5-4-6-16(17)20-18(21)12-25-13-19(22)24-15-10-8-14(2)9-11-15/h4-7,14-15H,3,8-13H2,1-2H3,(H,20,21). The van der Waals surface area contributed by atoms with Crippen molar-refractivity contribution in [3.8, 4) is 5.75 Å². The van der Waals surface area contributed by atoms with E-state index in [9.17, 15) is 9.59 Å². The van der Waals surface area contributed by atoms with Gasteiger partial charge in [0.2, 0.25) is 5.91 Å². The number of thioether (sulfide) groups is 1. The second-order valence-corrected chi connectivity index (χ2v) is 7.33. The molecule has 1 aliphatic carbocycles. The molecule has 2 rings (SSSR count). The summed E-state index contributed by atoms with van der Waals surface area (Å²) in [5, 5.41) is 2.82. The molecule has 0 radical (unpaired) electrons. The molecule has 0 spiro atoms. The van der Waals surface area contributed by atoms with Gasteiger partial charge in [0.15, 0.2) is 0 Å². The number of hydrogen-bond donors (Lipinski definition) is 1. The number of rotatable bonds is 8. The highest BCUT2D eigenvalue weighted by Crippen LogP contribution is 2.26. The van der Waals surface area contributed by atoms with Gasteiger partial charge < -0.3 is 14.8 Å². The first-order chi connectivity index (χ1) is 12.1. The molecule has 1 N–H and O–H groups in total. The third-order valence-corrected chi connectivity index (χ3v) is 5.08. The van der Waals surface area contributed by atoms with E-state index in [0.717, 1.165) is 31.6 Å². The van der Waals surface area contributed by atoms with Crippen molar-refractivity contribution in [1.82, 2.24) is 0 Å². The zero-order chi connectivity index (χ0) is 18.1. The lowest BCUT2D eigenvalue weighted by Gasteiger charge is -2.25. The van der Waals surface area contributed by atoms with Crippen molar-refractivity contribution < 1.29 is 19.1 Å². The van der Waals surface area contributed by atoms with Crippen molar-refractivity contribution in [3.05, 3.63) is 24.3 Å². The summed E-state index contributed by atoms with van der Waals surface area (Å²) in [4.78, 5) is 23.9. The van der Waals surface area contributed by atoms with E-state index in [4.69, 9.17) is 9.47 Å². The van der Waals surface area contributed by atoms with Gasteiger partial charge in [-0.15, -0.1) is 11.8 Å². The highest BCUT2D eigenvalue weighted by Gasteiger charge is 2.21. The van der Waals surface area contributed by atoms with Gasteiger partial charge in [0.25, 0.3) is 0 Å². The van der Waals surface area contributed by atoms with Crippen molar-refractivity contribution in [1.29, 1.82) is 0 Å². The maximum Gasteiger partial charge on any atom is 0.316 e. The molecule has 0 aromatic heterocycles. The molecule has 1 amide bonds. The molecule has 1 fully saturated rings. The molecule has 0 bridgehead atoms. The Kier molecular flexibility index (Phi) is 8.12. The second-order valence-electron chi connectivity index (χ2n) is 6.34. The lowest BCUT2D eigenvalue weighted by molar-refractivity contribution is -0.147. The molecule has 0 atom stereocenters. The van der Waals surface area contributed by atoms with Crippen LogP contribution in [0.5, 0.6) is 5.75 Å². The first kappa shape index (κ1) is 19.6. The molecule has 138 valence electrons. The highest BCUT2D eigenvalue weighted by molar-refractivity contribution is 8.00. The van der Waals surface area contributed by atoms with Crippen molar-refractivity contribution in [2.24, 2.45) is 5.92 Å². The molecule has 6 heteroatoms. The van der Waals surface area contributed by atoms with Gasteiger partial charge in [-0.2, -0.15) is 0 Å².